The zero-order valence-corrected chi connectivity index (χ0v) is 12.1. The summed E-state index contributed by atoms with van der Waals surface area (Å²) in [6, 6.07) is 10.5. The van der Waals surface area contributed by atoms with Gasteiger partial charge in [0.25, 0.3) is 0 Å². The van der Waals surface area contributed by atoms with Gasteiger partial charge in [0.15, 0.2) is 0 Å². The molecule has 0 spiro atoms. The van der Waals surface area contributed by atoms with Crippen molar-refractivity contribution in [1.82, 2.24) is 5.32 Å². The van der Waals surface area contributed by atoms with E-state index in [0.717, 1.165) is 36.1 Å². The van der Waals surface area contributed by atoms with Crippen LogP contribution in [0.1, 0.15) is 24.0 Å². The molecule has 0 aliphatic heterocycles. The van der Waals surface area contributed by atoms with Crippen molar-refractivity contribution in [3.63, 3.8) is 0 Å². The van der Waals surface area contributed by atoms with E-state index in [1.165, 1.54) is 6.07 Å². The number of halogens is 2. The summed E-state index contributed by atoms with van der Waals surface area (Å²) < 4.78 is 26.4. The van der Waals surface area contributed by atoms with Crippen LogP contribution < -0.4 is 10.6 Å². The molecule has 0 heterocycles. The van der Waals surface area contributed by atoms with Crippen molar-refractivity contribution in [3.8, 4) is 0 Å². The molecule has 1 aliphatic carbocycles. The van der Waals surface area contributed by atoms with Gasteiger partial charge in [0, 0.05) is 6.07 Å². The summed E-state index contributed by atoms with van der Waals surface area (Å²) in [7, 11) is 0. The number of anilines is 1. The smallest absolute Gasteiger partial charge is 0.320 e. The second kappa shape index (κ2) is 5.40. The Balaban J connectivity index is 1.70. The lowest BCUT2D eigenvalue weighted by molar-refractivity contribution is 0.247. The molecule has 0 unspecified atom stereocenters. The molecule has 2 amide bonds. The Morgan fingerprint density at radius 2 is 1.77 bits per heavy atom. The predicted octanol–water partition coefficient (Wildman–Crippen LogP) is 4.08. The Kier molecular flexibility index (Phi) is 3.56. The van der Waals surface area contributed by atoms with Crippen molar-refractivity contribution in [2.75, 3.05) is 5.32 Å². The molecule has 1 aliphatic rings. The first-order chi connectivity index (χ1) is 10.5. The summed E-state index contributed by atoms with van der Waals surface area (Å²) in [4.78, 5) is 12.1. The van der Waals surface area contributed by atoms with Crippen LogP contribution >= 0.6 is 0 Å². The molecule has 2 N–H and O–H groups in total. The fourth-order valence-electron chi connectivity index (χ4n) is 2.45. The molecule has 1 fully saturated rings. The van der Waals surface area contributed by atoms with Crippen LogP contribution in [0.25, 0.3) is 0 Å². The maximum Gasteiger partial charge on any atom is 0.320 e. The van der Waals surface area contributed by atoms with Gasteiger partial charge in [0.2, 0.25) is 0 Å². The summed E-state index contributed by atoms with van der Waals surface area (Å²) in [5.74, 6) is -1.47. The Morgan fingerprint density at radius 3 is 2.36 bits per heavy atom. The van der Waals surface area contributed by atoms with Crippen LogP contribution in [0.2, 0.25) is 0 Å². The summed E-state index contributed by atoms with van der Waals surface area (Å²) in [5.41, 5.74) is 1.76. The first-order valence-electron chi connectivity index (χ1n) is 7.10. The van der Waals surface area contributed by atoms with E-state index in [2.05, 4.69) is 10.6 Å². The molecule has 2 aromatic rings. The molecule has 5 heteroatoms. The molecule has 2 aromatic carbocycles. The van der Waals surface area contributed by atoms with Gasteiger partial charge in [-0.25, -0.2) is 13.6 Å². The monoisotopic (exact) mass is 302 g/mol. The highest BCUT2D eigenvalue weighted by Crippen LogP contribution is 2.45. The number of carbonyl (C=O) groups is 1. The molecule has 0 bridgehead atoms. The second-order valence-corrected chi connectivity index (χ2v) is 5.65. The van der Waals surface area contributed by atoms with Gasteiger partial charge in [-0.15, -0.1) is 0 Å². The van der Waals surface area contributed by atoms with Crippen LogP contribution in [0, 0.1) is 18.6 Å². The quantitative estimate of drug-likeness (QED) is 0.881. The van der Waals surface area contributed by atoms with Gasteiger partial charge in [-0.1, -0.05) is 29.8 Å². The zero-order chi connectivity index (χ0) is 15.7. The van der Waals surface area contributed by atoms with Crippen molar-refractivity contribution < 1.29 is 13.6 Å². The number of urea groups is 1. The minimum Gasteiger partial charge on any atom is -0.328 e. The maximum absolute atomic E-state index is 13.5. The standard InChI is InChI=1S/C17H16F2N2O/c1-11-2-4-12(5-3-11)17(8-9-17)21-16(22)20-15-7-6-13(18)10-14(15)19/h2-7,10H,8-9H2,1H3,(H2,20,21,22). The largest absolute Gasteiger partial charge is 0.328 e. The SMILES string of the molecule is Cc1ccc(C2(NC(=O)Nc3ccc(F)cc3F)CC2)cc1. The van der Waals surface area contributed by atoms with Gasteiger partial charge in [-0.05, 0) is 37.5 Å². The molecular formula is C17H16F2N2O. The average molecular weight is 302 g/mol. The van der Waals surface area contributed by atoms with E-state index < -0.39 is 17.7 Å². The number of hydrogen-bond donors (Lipinski definition) is 2. The van der Waals surface area contributed by atoms with Crippen molar-refractivity contribution in [2.45, 2.75) is 25.3 Å². The van der Waals surface area contributed by atoms with E-state index in [9.17, 15) is 13.6 Å². The highest BCUT2D eigenvalue weighted by molar-refractivity contribution is 5.90. The van der Waals surface area contributed by atoms with Crippen LogP contribution in [0.5, 0.6) is 0 Å². The van der Waals surface area contributed by atoms with Gasteiger partial charge in [-0.3, -0.25) is 0 Å². The second-order valence-electron chi connectivity index (χ2n) is 5.65. The number of hydrogen-bond acceptors (Lipinski definition) is 1. The highest BCUT2D eigenvalue weighted by atomic mass is 19.1. The topological polar surface area (TPSA) is 41.1 Å². The minimum absolute atomic E-state index is 0.0430. The number of benzene rings is 2. The number of carbonyl (C=O) groups excluding carboxylic acids is 1. The summed E-state index contributed by atoms with van der Waals surface area (Å²) in [6.45, 7) is 2.00. The van der Waals surface area contributed by atoms with Gasteiger partial charge in [0.05, 0.1) is 11.2 Å². The Hall–Kier alpha value is -2.43. The van der Waals surface area contributed by atoms with E-state index in [-0.39, 0.29) is 11.2 Å². The lowest BCUT2D eigenvalue weighted by Gasteiger charge is -2.19. The molecule has 3 rings (SSSR count). The van der Waals surface area contributed by atoms with Gasteiger partial charge >= 0.3 is 6.03 Å². The molecule has 3 nitrogen and oxygen atoms in total. The summed E-state index contributed by atoms with van der Waals surface area (Å²) in [5, 5.41) is 5.31. The Labute approximate surface area is 127 Å². The van der Waals surface area contributed by atoms with Crippen molar-refractivity contribution in [2.24, 2.45) is 0 Å². The predicted molar refractivity (Wildman–Crippen MR) is 80.6 cm³/mol. The molecule has 22 heavy (non-hydrogen) atoms. The average Bonchev–Trinajstić information content (AvgIpc) is 3.23. The maximum atomic E-state index is 13.5. The number of nitrogens with one attached hydrogen (secondary N) is 2. The Morgan fingerprint density at radius 1 is 1.09 bits per heavy atom. The molecule has 0 saturated heterocycles. The van der Waals surface area contributed by atoms with Crippen molar-refractivity contribution >= 4 is 11.7 Å². The first-order valence-corrected chi connectivity index (χ1v) is 7.10. The lowest BCUT2D eigenvalue weighted by atomic mass is 10.0. The van der Waals surface area contributed by atoms with E-state index in [0.29, 0.717) is 0 Å². The van der Waals surface area contributed by atoms with Crippen molar-refractivity contribution in [1.29, 1.82) is 0 Å². The fraction of sp³-hybridized carbons (Fsp3) is 0.235. The number of amides is 2. The van der Waals surface area contributed by atoms with Gasteiger partial charge in [0.1, 0.15) is 11.6 Å². The zero-order valence-electron chi connectivity index (χ0n) is 12.1. The van der Waals surface area contributed by atoms with E-state index in [1.54, 1.807) is 0 Å². The minimum atomic E-state index is -0.796. The van der Waals surface area contributed by atoms with E-state index in [1.807, 2.05) is 31.2 Å². The number of rotatable bonds is 3. The normalized spacial score (nSPS) is 15.2. The fourth-order valence-corrected chi connectivity index (χ4v) is 2.45. The molecule has 0 atom stereocenters. The van der Waals surface area contributed by atoms with Crippen LogP contribution in [-0.4, -0.2) is 6.03 Å². The first kappa shape index (κ1) is 14.5. The highest BCUT2D eigenvalue weighted by Gasteiger charge is 2.45. The molecule has 1 saturated carbocycles. The molecule has 0 aromatic heterocycles. The van der Waals surface area contributed by atoms with E-state index in [4.69, 9.17) is 0 Å². The molecule has 0 radical (unpaired) electrons. The van der Waals surface area contributed by atoms with E-state index >= 15 is 0 Å². The summed E-state index contributed by atoms with van der Waals surface area (Å²) in [6.07, 6.45) is 1.69. The van der Waals surface area contributed by atoms with Crippen LogP contribution in [0.4, 0.5) is 19.3 Å². The van der Waals surface area contributed by atoms with Crippen molar-refractivity contribution in [3.05, 3.63) is 65.2 Å². The number of aryl methyl sites for hydroxylation is 1. The van der Waals surface area contributed by atoms with Gasteiger partial charge < -0.3 is 10.6 Å². The summed E-state index contributed by atoms with van der Waals surface area (Å²) >= 11 is 0. The van der Waals surface area contributed by atoms with Crippen LogP contribution in [-0.2, 0) is 5.54 Å². The van der Waals surface area contributed by atoms with Crippen LogP contribution in [0.3, 0.4) is 0 Å². The Bertz CT molecular complexity index is 709. The third-order valence-corrected chi connectivity index (χ3v) is 3.89. The molecular weight excluding hydrogens is 286 g/mol. The third kappa shape index (κ3) is 2.93. The molecule has 114 valence electrons. The van der Waals surface area contributed by atoms with Gasteiger partial charge in [-0.2, -0.15) is 0 Å². The lowest BCUT2D eigenvalue weighted by Crippen LogP contribution is -2.38. The van der Waals surface area contributed by atoms with Crippen LogP contribution in [0.15, 0.2) is 42.5 Å². The third-order valence-electron chi connectivity index (χ3n) is 3.89.